The fourth-order valence-electron chi connectivity index (χ4n) is 1.17. The average molecular weight is 213 g/mol. The molecule has 0 bridgehead atoms. The molecule has 0 aliphatic carbocycles. The van der Waals surface area contributed by atoms with Crippen molar-refractivity contribution in [3.8, 4) is 11.8 Å². The van der Waals surface area contributed by atoms with Gasteiger partial charge in [-0.1, -0.05) is 11.8 Å². The van der Waals surface area contributed by atoms with E-state index in [1.807, 2.05) is 0 Å². The van der Waals surface area contributed by atoms with Crippen LogP contribution in [0.5, 0.6) is 0 Å². The van der Waals surface area contributed by atoms with E-state index >= 15 is 0 Å². The number of rotatable bonds is 1. The number of aromatic nitrogens is 2. The first-order valence-corrected chi connectivity index (χ1v) is 4.43. The van der Waals surface area contributed by atoms with Crippen LogP contribution in [0.15, 0.2) is 0 Å². The summed E-state index contributed by atoms with van der Waals surface area (Å²) in [5.41, 5.74) is 1.13. The molecule has 0 amide bonds. The second kappa shape index (κ2) is 4.16. The van der Waals surface area contributed by atoms with Gasteiger partial charge in [0.1, 0.15) is 0 Å². The van der Waals surface area contributed by atoms with Crippen LogP contribution in [0.25, 0.3) is 0 Å². The third kappa shape index (κ3) is 1.88. The van der Waals surface area contributed by atoms with E-state index in [0.29, 0.717) is 11.3 Å². The zero-order valence-corrected chi connectivity index (χ0v) is 8.59. The van der Waals surface area contributed by atoms with Crippen LogP contribution in [-0.2, 0) is 7.05 Å². The molecule has 0 fully saturated rings. The largest absolute Gasteiger partial charge is 0.476 e. The summed E-state index contributed by atoms with van der Waals surface area (Å²) in [6.45, 7) is 1.71. The van der Waals surface area contributed by atoms with Gasteiger partial charge in [0.25, 0.3) is 0 Å². The Balaban J connectivity index is 3.32. The van der Waals surface area contributed by atoms with Crippen LogP contribution in [0.1, 0.15) is 21.7 Å². The predicted molar refractivity (Wildman–Crippen MR) is 52.5 cm³/mol. The van der Waals surface area contributed by atoms with Crippen molar-refractivity contribution in [1.82, 2.24) is 9.78 Å². The summed E-state index contributed by atoms with van der Waals surface area (Å²) in [7, 11) is 1.57. The predicted octanol–water partition coefficient (Wildman–Crippen LogP) is 1.02. The maximum absolute atomic E-state index is 10.9. The highest BCUT2D eigenvalue weighted by molar-refractivity contribution is 6.19. The fourth-order valence-corrected chi connectivity index (χ4v) is 1.24. The summed E-state index contributed by atoms with van der Waals surface area (Å²) in [6, 6.07) is 0. The van der Waals surface area contributed by atoms with Crippen molar-refractivity contribution in [3.05, 3.63) is 17.0 Å². The number of carboxylic acids is 1. The van der Waals surface area contributed by atoms with Gasteiger partial charge >= 0.3 is 5.97 Å². The summed E-state index contributed by atoms with van der Waals surface area (Å²) in [5.74, 6) is 4.44. The number of hydrogen-bond donors (Lipinski definition) is 1. The van der Waals surface area contributed by atoms with E-state index in [0.717, 1.165) is 0 Å². The Hall–Kier alpha value is -1.47. The number of aromatic carboxylic acids is 1. The molecule has 1 rings (SSSR count). The fraction of sp³-hybridized carbons (Fsp3) is 0.333. The summed E-state index contributed by atoms with van der Waals surface area (Å²) < 4.78 is 1.30. The van der Waals surface area contributed by atoms with E-state index in [1.165, 1.54) is 4.68 Å². The molecule has 0 spiro atoms. The molecular weight excluding hydrogens is 204 g/mol. The third-order valence-corrected chi connectivity index (χ3v) is 1.84. The lowest BCUT2D eigenvalue weighted by Crippen LogP contribution is -2.07. The molecule has 0 saturated carbocycles. The second-order valence-electron chi connectivity index (χ2n) is 2.67. The molecule has 0 radical (unpaired) electrons. The number of aryl methyl sites for hydroxylation is 2. The lowest BCUT2D eigenvalue weighted by Gasteiger charge is -1.94. The van der Waals surface area contributed by atoms with Crippen molar-refractivity contribution < 1.29 is 9.90 Å². The number of carbonyl (C=O) groups is 1. The highest BCUT2D eigenvalue weighted by atomic mass is 35.5. The minimum absolute atomic E-state index is 0.0973. The number of carboxylic acid groups (broad SMARTS) is 1. The van der Waals surface area contributed by atoms with Crippen LogP contribution >= 0.6 is 11.6 Å². The molecule has 1 aromatic rings. The SMILES string of the molecule is Cc1nn(C)c(C(=O)O)c1C#CCCl. The first-order chi connectivity index (χ1) is 6.57. The van der Waals surface area contributed by atoms with Gasteiger partial charge in [0, 0.05) is 7.05 Å². The highest BCUT2D eigenvalue weighted by Crippen LogP contribution is 2.11. The molecule has 4 nitrogen and oxygen atoms in total. The number of halogens is 1. The van der Waals surface area contributed by atoms with Gasteiger partial charge in [-0.05, 0) is 6.92 Å². The van der Waals surface area contributed by atoms with Gasteiger partial charge in [-0.2, -0.15) is 5.10 Å². The van der Waals surface area contributed by atoms with Crippen molar-refractivity contribution in [3.63, 3.8) is 0 Å². The average Bonchev–Trinajstić information content (AvgIpc) is 2.37. The highest BCUT2D eigenvalue weighted by Gasteiger charge is 2.17. The van der Waals surface area contributed by atoms with Gasteiger partial charge in [-0.15, -0.1) is 11.6 Å². The zero-order chi connectivity index (χ0) is 10.7. The quantitative estimate of drug-likeness (QED) is 0.559. The summed E-state index contributed by atoms with van der Waals surface area (Å²) in [5, 5.41) is 12.9. The van der Waals surface area contributed by atoms with Crippen LogP contribution in [0.3, 0.4) is 0 Å². The molecule has 0 atom stereocenters. The first-order valence-electron chi connectivity index (χ1n) is 3.89. The molecule has 0 aromatic carbocycles. The van der Waals surface area contributed by atoms with Crippen molar-refractivity contribution >= 4 is 17.6 Å². The van der Waals surface area contributed by atoms with Gasteiger partial charge < -0.3 is 5.11 Å². The standard InChI is InChI=1S/C9H9ClN2O2/c1-6-7(4-3-5-10)8(9(13)14)12(2)11-6/h5H2,1-2H3,(H,13,14). The van der Waals surface area contributed by atoms with Crippen LogP contribution in [0, 0.1) is 18.8 Å². The summed E-state index contributed by atoms with van der Waals surface area (Å²) >= 11 is 5.39. The number of hydrogen-bond acceptors (Lipinski definition) is 2. The topological polar surface area (TPSA) is 55.1 Å². The van der Waals surface area contributed by atoms with Gasteiger partial charge in [0.05, 0.1) is 17.1 Å². The Kier molecular flexibility index (Phi) is 3.15. The van der Waals surface area contributed by atoms with E-state index in [1.54, 1.807) is 14.0 Å². The maximum atomic E-state index is 10.9. The molecule has 14 heavy (non-hydrogen) atoms. The second-order valence-corrected chi connectivity index (χ2v) is 2.94. The summed E-state index contributed by atoms with van der Waals surface area (Å²) in [4.78, 5) is 10.9. The van der Waals surface area contributed by atoms with Crippen LogP contribution < -0.4 is 0 Å². The molecular formula is C9H9ClN2O2. The normalized spacial score (nSPS) is 9.36. The Bertz CT molecular complexity index is 426. The molecule has 1 aromatic heterocycles. The summed E-state index contributed by atoms with van der Waals surface area (Å²) in [6.07, 6.45) is 0. The van der Waals surface area contributed by atoms with Crippen molar-refractivity contribution in [2.45, 2.75) is 6.92 Å². The molecule has 5 heteroatoms. The molecule has 1 N–H and O–H groups in total. The Morgan fingerprint density at radius 2 is 2.36 bits per heavy atom. The van der Waals surface area contributed by atoms with E-state index in [-0.39, 0.29) is 11.6 Å². The number of nitrogens with zero attached hydrogens (tertiary/aromatic N) is 2. The smallest absolute Gasteiger partial charge is 0.355 e. The Morgan fingerprint density at radius 3 is 2.86 bits per heavy atom. The van der Waals surface area contributed by atoms with Crippen LogP contribution in [0.2, 0.25) is 0 Å². The maximum Gasteiger partial charge on any atom is 0.355 e. The third-order valence-electron chi connectivity index (χ3n) is 1.70. The van der Waals surface area contributed by atoms with Crippen LogP contribution in [0.4, 0.5) is 0 Å². The van der Waals surface area contributed by atoms with Gasteiger partial charge in [0.2, 0.25) is 0 Å². The monoisotopic (exact) mass is 212 g/mol. The van der Waals surface area contributed by atoms with E-state index in [4.69, 9.17) is 16.7 Å². The van der Waals surface area contributed by atoms with Gasteiger partial charge in [-0.3, -0.25) is 4.68 Å². The van der Waals surface area contributed by atoms with Crippen molar-refractivity contribution in [2.24, 2.45) is 7.05 Å². The number of alkyl halides is 1. The Labute approximate surface area is 86.5 Å². The van der Waals surface area contributed by atoms with E-state index in [9.17, 15) is 4.79 Å². The van der Waals surface area contributed by atoms with Gasteiger partial charge in [0.15, 0.2) is 5.69 Å². The van der Waals surface area contributed by atoms with E-state index < -0.39 is 5.97 Å². The lowest BCUT2D eigenvalue weighted by molar-refractivity contribution is 0.0684. The molecule has 0 aliphatic heterocycles. The van der Waals surface area contributed by atoms with E-state index in [2.05, 4.69) is 16.9 Å². The molecule has 0 saturated heterocycles. The van der Waals surface area contributed by atoms with Crippen molar-refractivity contribution in [1.29, 1.82) is 0 Å². The first kappa shape index (κ1) is 10.6. The molecule has 1 heterocycles. The lowest BCUT2D eigenvalue weighted by atomic mass is 10.2. The molecule has 0 aliphatic rings. The van der Waals surface area contributed by atoms with Crippen LogP contribution in [-0.4, -0.2) is 26.7 Å². The minimum Gasteiger partial charge on any atom is -0.476 e. The minimum atomic E-state index is -1.04. The van der Waals surface area contributed by atoms with Crippen molar-refractivity contribution in [2.75, 3.05) is 5.88 Å². The molecule has 74 valence electrons. The zero-order valence-electron chi connectivity index (χ0n) is 7.83. The Morgan fingerprint density at radius 1 is 1.71 bits per heavy atom. The van der Waals surface area contributed by atoms with Gasteiger partial charge in [-0.25, -0.2) is 4.79 Å². The molecule has 0 unspecified atom stereocenters.